The third kappa shape index (κ3) is 10.2. The maximum absolute atomic E-state index is 4.80. The van der Waals surface area contributed by atoms with Crippen molar-refractivity contribution in [2.24, 2.45) is 5.73 Å². The first-order valence-electron chi connectivity index (χ1n) is 16.5. The summed E-state index contributed by atoms with van der Waals surface area (Å²) in [5.74, 6) is 0. The standard InChI is InChI=1S/C24H22N2.C11H14.C2H5N.2C2H6.C2H4/c1-5-19-9-8-17(3)22(14-19)21-12-13-26-23(15-21)18(4)24(25-26)20-10-6-16(2)7-11-20;1-11(8-5-9-11)10-6-3-2-4-7-10;1-2-3;3*1-2/h5-15H,1H2,2-4H3;2-4,6-7H,5,8-9H2,1H3;2H,1,3H2;2*1-2H3;1-2H2. The van der Waals surface area contributed by atoms with Gasteiger partial charge in [-0.2, -0.15) is 5.10 Å². The molecule has 46 heavy (non-hydrogen) atoms. The zero-order chi connectivity index (χ0) is 34.7. The van der Waals surface area contributed by atoms with Crippen LogP contribution in [0.5, 0.6) is 0 Å². The monoisotopic (exact) mass is 615 g/mol. The molecular weight excluding hydrogens is 558 g/mol. The summed E-state index contributed by atoms with van der Waals surface area (Å²) in [5, 5.41) is 4.80. The van der Waals surface area contributed by atoms with E-state index in [9.17, 15) is 0 Å². The molecule has 5 aromatic rings. The molecule has 0 saturated heterocycles. The zero-order valence-electron chi connectivity index (χ0n) is 29.7. The van der Waals surface area contributed by atoms with Gasteiger partial charge in [-0.05, 0) is 91.2 Å². The van der Waals surface area contributed by atoms with E-state index in [1.165, 1.54) is 58.8 Å². The maximum atomic E-state index is 4.80. The minimum Gasteiger partial charge on any atom is -0.405 e. The average molecular weight is 616 g/mol. The number of nitrogens with two attached hydrogens (primary N) is 1. The van der Waals surface area contributed by atoms with Crippen LogP contribution in [0.3, 0.4) is 0 Å². The lowest BCUT2D eigenvalue weighted by Crippen LogP contribution is -2.29. The van der Waals surface area contributed by atoms with Crippen LogP contribution in [-0.4, -0.2) is 9.61 Å². The summed E-state index contributed by atoms with van der Waals surface area (Å²) in [6.45, 7) is 29.8. The fraction of sp³-hybridized carbons (Fsp3) is 0.279. The molecule has 0 bridgehead atoms. The van der Waals surface area contributed by atoms with Gasteiger partial charge in [0.1, 0.15) is 0 Å². The second kappa shape index (κ2) is 20.4. The molecule has 1 fully saturated rings. The van der Waals surface area contributed by atoms with Crippen molar-refractivity contribution in [2.45, 2.75) is 80.1 Å². The Bertz CT molecular complexity index is 1600. The van der Waals surface area contributed by atoms with E-state index in [0.29, 0.717) is 5.41 Å². The number of aromatic nitrogens is 2. The van der Waals surface area contributed by atoms with Crippen LogP contribution in [0, 0.1) is 20.8 Å². The van der Waals surface area contributed by atoms with Crippen molar-refractivity contribution in [1.82, 2.24) is 9.61 Å². The SMILES string of the molecule is C=C.C=CN.C=Cc1ccc(C)c(-c2ccn3nc(-c4ccc(C)cc4)c(C)c3c2)c1.CC.CC.CC1(c2ccccc2)CCC1. The molecule has 2 heterocycles. The maximum Gasteiger partial charge on any atom is 0.0962 e. The van der Waals surface area contributed by atoms with E-state index in [2.05, 4.69) is 151 Å². The fourth-order valence-electron chi connectivity index (χ4n) is 5.23. The van der Waals surface area contributed by atoms with E-state index >= 15 is 0 Å². The molecule has 1 aliphatic rings. The second-order valence-electron chi connectivity index (χ2n) is 10.9. The highest BCUT2D eigenvalue weighted by Crippen LogP contribution is 2.42. The molecular formula is C43H57N3. The molecule has 1 saturated carbocycles. The van der Waals surface area contributed by atoms with Crippen molar-refractivity contribution in [1.29, 1.82) is 0 Å². The molecule has 2 N–H and O–H groups in total. The van der Waals surface area contributed by atoms with E-state index in [1.807, 2.05) is 38.3 Å². The van der Waals surface area contributed by atoms with Gasteiger partial charge >= 0.3 is 0 Å². The lowest BCUT2D eigenvalue weighted by molar-refractivity contribution is 0.272. The predicted molar refractivity (Wildman–Crippen MR) is 206 cm³/mol. The highest BCUT2D eigenvalue weighted by Gasteiger charge is 2.32. The largest absolute Gasteiger partial charge is 0.405 e. The Kier molecular flexibility index (Phi) is 17.5. The minimum atomic E-state index is 0.515. The molecule has 0 aliphatic heterocycles. The van der Waals surface area contributed by atoms with E-state index in [0.717, 1.165) is 22.3 Å². The van der Waals surface area contributed by atoms with Crippen LogP contribution in [0.15, 0.2) is 124 Å². The predicted octanol–water partition coefficient (Wildman–Crippen LogP) is 12.3. The third-order valence-electron chi connectivity index (χ3n) is 7.94. The van der Waals surface area contributed by atoms with Gasteiger partial charge in [-0.15, -0.1) is 13.2 Å². The number of hydrogen-bond acceptors (Lipinski definition) is 2. The zero-order valence-corrected chi connectivity index (χ0v) is 29.7. The van der Waals surface area contributed by atoms with Gasteiger partial charge in [0.2, 0.25) is 0 Å². The molecule has 3 aromatic carbocycles. The molecule has 6 rings (SSSR count). The molecule has 0 spiro atoms. The van der Waals surface area contributed by atoms with Crippen molar-refractivity contribution < 1.29 is 0 Å². The first-order chi connectivity index (χ1) is 22.3. The number of hydrogen-bond donors (Lipinski definition) is 1. The van der Waals surface area contributed by atoms with Crippen molar-refractivity contribution in [3.63, 3.8) is 0 Å². The normalized spacial score (nSPS) is 11.8. The quantitative estimate of drug-likeness (QED) is 0.204. The molecule has 0 atom stereocenters. The third-order valence-corrected chi connectivity index (χ3v) is 7.94. The van der Waals surface area contributed by atoms with Gasteiger partial charge in [0.05, 0.1) is 11.2 Å². The van der Waals surface area contributed by atoms with Gasteiger partial charge in [0.25, 0.3) is 0 Å². The van der Waals surface area contributed by atoms with Gasteiger partial charge in [-0.25, -0.2) is 4.52 Å². The summed E-state index contributed by atoms with van der Waals surface area (Å²) in [4.78, 5) is 0. The van der Waals surface area contributed by atoms with Crippen LogP contribution in [-0.2, 0) is 5.41 Å². The first kappa shape index (κ1) is 39.4. The molecule has 2 aromatic heterocycles. The van der Waals surface area contributed by atoms with Gasteiger partial charge in [-0.1, -0.05) is 133 Å². The summed E-state index contributed by atoms with van der Waals surface area (Å²) in [6.07, 6.45) is 9.34. The van der Waals surface area contributed by atoms with Crippen LogP contribution in [0.25, 0.3) is 34.0 Å². The van der Waals surface area contributed by atoms with E-state index in [4.69, 9.17) is 5.10 Å². The van der Waals surface area contributed by atoms with Crippen molar-refractivity contribution in [3.8, 4) is 22.4 Å². The Morgan fingerprint density at radius 1 is 0.783 bits per heavy atom. The molecule has 0 unspecified atom stereocenters. The Labute approximate surface area is 280 Å². The summed E-state index contributed by atoms with van der Waals surface area (Å²) < 4.78 is 1.97. The molecule has 0 amide bonds. The minimum absolute atomic E-state index is 0.515. The van der Waals surface area contributed by atoms with Gasteiger partial charge in [0, 0.05) is 17.3 Å². The van der Waals surface area contributed by atoms with E-state index in [1.54, 1.807) is 0 Å². The number of fused-ring (bicyclic) bond motifs is 1. The first-order valence-corrected chi connectivity index (χ1v) is 16.5. The van der Waals surface area contributed by atoms with Crippen LogP contribution in [0.4, 0.5) is 0 Å². The van der Waals surface area contributed by atoms with Crippen LogP contribution < -0.4 is 5.73 Å². The van der Waals surface area contributed by atoms with Crippen molar-refractivity contribution in [2.75, 3.05) is 0 Å². The molecule has 244 valence electrons. The highest BCUT2D eigenvalue weighted by molar-refractivity contribution is 5.78. The van der Waals surface area contributed by atoms with Crippen molar-refractivity contribution in [3.05, 3.63) is 151 Å². The molecule has 0 radical (unpaired) electrons. The summed E-state index contributed by atoms with van der Waals surface area (Å²) in [7, 11) is 0. The van der Waals surface area contributed by atoms with Crippen LogP contribution in [0.2, 0.25) is 0 Å². The average Bonchev–Trinajstić information content (AvgIpc) is 3.43. The summed E-state index contributed by atoms with van der Waals surface area (Å²) in [5.41, 5.74) is 17.3. The lowest BCUT2D eigenvalue weighted by atomic mass is 9.66. The highest BCUT2D eigenvalue weighted by atomic mass is 15.2. The van der Waals surface area contributed by atoms with Gasteiger partial charge < -0.3 is 5.73 Å². The lowest BCUT2D eigenvalue weighted by Gasteiger charge is -2.38. The number of benzene rings is 3. The Morgan fingerprint density at radius 2 is 1.37 bits per heavy atom. The Morgan fingerprint density at radius 3 is 1.89 bits per heavy atom. The fourth-order valence-corrected chi connectivity index (χ4v) is 5.23. The molecule has 1 aliphatic carbocycles. The topological polar surface area (TPSA) is 43.3 Å². The smallest absolute Gasteiger partial charge is 0.0962 e. The number of rotatable bonds is 4. The van der Waals surface area contributed by atoms with Crippen LogP contribution in [0.1, 0.15) is 81.7 Å². The Hall–Kier alpha value is -4.63. The molecule has 3 nitrogen and oxygen atoms in total. The van der Waals surface area contributed by atoms with Crippen LogP contribution >= 0.6 is 0 Å². The second-order valence-corrected chi connectivity index (χ2v) is 10.9. The molecule has 3 heteroatoms. The van der Waals surface area contributed by atoms with Crippen molar-refractivity contribution >= 4 is 11.6 Å². The van der Waals surface area contributed by atoms with E-state index < -0.39 is 0 Å². The van der Waals surface area contributed by atoms with E-state index in [-0.39, 0.29) is 0 Å². The number of aryl methyl sites for hydroxylation is 3. The number of nitrogens with zero attached hydrogens (tertiary/aromatic N) is 2. The van der Waals surface area contributed by atoms with Gasteiger partial charge in [0.15, 0.2) is 0 Å². The Balaban J connectivity index is 0.000000439. The number of pyridine rings is 1. The summed E-state index contributed by atoms with van der Waals surface area (Å²) >= 11 is 0. The summed E-state index contributed by atoms with van der Waals surface area (Å²) in [6, 6.07) is 30.2. The van der Waals surface area contributed by atoms with Gasteiger partial charge in [-0.3, -0.25) is 0 Å².